The molecule has 0 saturated carbocycles. The zero-order valence-electron chi connectivity index (χ0n) is 8.51. The third kappa shape index (κ3) is 2.12. The number of nitrogens with one attached hydrogen (secondary N) is 1. The van der Waals surface area contributed by atoms with Crippen molar-refractivity contribution in [1.29, 1.82) is 0 Å². The van der Waals surface area contributed by atoms with Gasteiger partial charge in [-0.3, -0.25) is 14.3 Å². The van der Waals surface area contributed by atoms with Crippen molar-refractivity contribution in [2.75, 3.05) is 0 Å². The fourth-order valence-corrected chi connectivity index (χ4v) is 1.65. The molecule has 1 aromatic heterocycles. The Hall–Kier alpha value is -1.10. The number of H-pyrrole nitrogens is 1. The molecule has 0 saturated heterocycles. The minimum Gasteiger partial charge on any atom is -0.295 e. The second-order valence-electron chi connectivity index (χ2n) is 3.20. The minimum absolute atomic E-state index is 0.298. The molecular formula is C9H12ClFN2O2. The van der Waals surface area contributed by atoms with Crippen molar-refractivity contribution in [2.24, 2.45) is 0 Å². The first-order valence-electron chi connectivity index (χ1n) is 4.72. The molecule has 0 aromatic carbocycles. The largest absolute Gasteiger partial charge is 0.329 e. The number of aromatic nitrogens is 2. The van der Waals surface area contributed by atoms with E-state index in [4.69, 9.17) is 11.6 Å². The lowest BCUT2D eigenvalue weighted by Gasteiger charge is -2.14. The SMILES string of the molecule is CCC(CC)n1c(=O)[nH]c(Cl)c(F)c1=O. The van der Waals surface area contributed by atoms with E-state index in [1.807, 2.05) is 13.8 Å². The van der Waals surface area contributed by atoms with Crippen LogP contribution in [0.3, 0.4) is 0 Å². The van der Waals surface area contributed by atoms with Gasteiger partial charge in [0.15, 0.2) is 5.15 Å². The van der Waals surface area contributed by atoms with Gasteiger partial charge >= 0.3 is 5.69 Å². The summed E-state index contributed by atoms with van der Waals surface area (Å²) in [5.74, 6) is -1.11. The van der Waals surface area contributed by atoms with Crippen LogP contribution in [-0.2, 0) is 0 Å². The zero-order valence-corrected chi connectivity index (χ0v) is 9.27. The van der Waals surface area contributed by atoms with Gasteiger partial charge in [-0.25, -0.2) is 4.79 Å². The standard InChI is InChI=1S/C9H12ClFN2O2/c1-3-5(4-2)13-8(14)6(11)7(10)12-9(13)15/h5H,3-4H2,1-2H3,(H,12,15). The Bertz CT molecular complexity index is 462. The Morgan fingerprint density at radius 3 is 2.40 bits per heavy atom. The molecule has 1 aromatic rings. The molecule has 84 valence electrons. The highest BCUT2D eigenvalue weighted by atomic mass is 35.5. The maximum Gasteiger partial charge on any atom is 0.329 e. The first-order chi connectivity index (χ1) is 7.02. The Kier molecular flexibility index (Phi) is 3.68. The average molecular weight is 235 g/mol. The van der Waals surface area contributed by atoms with Gasteiger partial charge in [0.25, 0.3) is 5.56 Å². The highest BCUT2D eigenvalue weighted by Gasteiger charge is 2.17. The van der Waals surface area contributed by atoms with Crippen LogP contribution in [0, 0.1) is 5.82 Å². The number of aromatic amines is 1. The van der Waals surface area contributed by atoms with E-state index < -0.39 is 22.2 Å². The summed E-state index contributed by atoms with van der Waals surface area (Å²) in [7, 11) is 0. The van der Waals surface area contributed by atoms with Crippen LogP contribution in [0.2, 0.25) is 5.15 Å². The number of rotatable bonds is 3. The Morgan fingerprint density at radius 2 is 1.93 bits per heavy atom. The third-order valence-corrected chi connectivity index (χ3v) is 2.60. The van der Waals surface area contributed by atoms with Gasteiger partial charge in [-0.2, -0.15) is 4.39 Å². The van der Waals surface area contributed by atoms with Crippen molar-refractivity contribution in [3.8, 4) is 0 Å². The maximum atomic E-state index is 13.2. The molecule has 0 amide bonds. The lowest BCUT2D eigenvalue weighted by molar-refractivity contribution is 0.420. The second kappa shape index (κ2) is 4.61. The van der Waals surface area contributed by atoms with Crippen molar-refractivity contribution >= 4 is 11.6 Å². The molecule has 0 fully saturated rings. The molecule has 1 rings (SSSR count). The van der Waals surface area contributed by atoms with E-state index in [9.17, 15) is 14.0 Å². The highest BCUT2D eigenvalue weighted by Crippen LogP contribution is 2.11. The van der Waals surface area contributed by atoms with Crippen molar-refractivity contribution in [3.05, 3.63) is 31.8 Å². The second-order valence-corrected chi connectivity index (χ2v) is 3.58. The van der Waals surface area contributed by atoms with E-state index in [-0.39, 0.29) is 6.04 Å². The summed E-state index contributed by atoms with van der Waals surface area (Å²) in [6.45, 7) is 3.65. The topological polar surface area (TPSA) is 54.9 Å². The fourth-order valence-electron chi connectivity index (χ4n) is 1.49. The molecule has 0 radical (unpaired) electrons. The molecule has 0 aliphatic rings. The van der Waals surface area contributed by atoms with Crippen LogP contribution in [0.4, 0.5) is 4.39 Å². The Morgan fingerprint density at radius 1 is 1.40 bits per heavy atom. The van der Waals surface area contributed by atoms with Crippen LogP contribution in [0.1, 0.15) is 32.7 Å². The summed E-state index contributed by atoms with van der Waals surface area (Å²) >= 11 is 5.34. The summed E-state index contributed by atoms with van der Waals surface area (Å²) in [5, 5.41) is -0.535. The number of halogens is 2. The van der Waals surface area contributed by atoms with Crippen molar-refractivity contribution in [3.63, 3.8) is 0 Å². The van der Waals surface area contributed by atoms with Crippen LogP contribution in [0.5, 0.6) is 0 Å². The Balaban J connectivity index is 3.49. The lowest BCUT2D eigenvalue weighted by atomic mass is 10.2. The Labute approximate surface area is 90.7 Å². The van der Waals surface area contributed by atoms with Gasteiger partial charge in [0.05, 0.1) is 0 Å². The lowest BCUT2D eigenvalue weighted by Crippen LogP contribution is -2.39. The van der Waals surface area contributed by atoms with E-state index >= 15 is 0 Å². The van der Waals surface area contributed by atoms with Crippen LogP contribution in [0.15, 0.2) is 9.59 Å². The van der Waals surface area contributed by atoms with Gasteiger partial charge in [0.2, 0.25) is 5.82 Å². The molecule has 0 aliphatic heterocycles. The van der Waals surface area contributed by atoms with Gasteiger partial charge in [0.1, 0.15) is 0 Å². The smallest absolute Gasteiger partial charge is 0.295 e. The number of hydrogen-bond donors (Lipinski definition) is 1. The maximum absolute atomic E-state index is 13.2. The van der Waals surface area contributed by atoms with Gasteiger partial charge in [-0.15, -0.1) is 0 Å². The van der Waals surface area contributed by atoms with Crippen molar-refractivity contribution < 1.29 is 4.39 Å². The van der Waals surface area contributed by atoms with Gasteiger partial charge in [-0.1, -0.05) is 25.4 Å². The van der Waals surface area contributed by atoms with E-state index in [1.54, 1.807) is 0 Å². The minimum atomic E-state index is -1.11. The summed E-state index contributed by atoms with van der Waals surface area (Å²) in [4.78, 5) is 25.0. The predicted octanol–water partition coefficient (Wildman–Crippen LogP) is 1.69. The number of nitrogens with zero attached hydrogens (tertiary/aromatic N) is 1. The molecule has 0 atom stereocenters. The van der Waals surface area contributed by atoms with Gasteiger partial charge < -0.3 is 0 Å². The van der Waals surface area contributed by atoms with Crippen molar-refractivity contribution in [2.45, 2.75) is 32.7 Å². The van der Waals surface area contributed by atoms with Crippen LogP contribution in [0.25, 0.3) is 0 Å². The summed E-state index contributed by atoms with van der Waals surface area (Å²) in [5.41, 5.74) is -1.63. The fraction of sp³-hybridized carbons (Fsp3) is 0.556. The average Bonchev–Trinajstić information content (AvgIpc) is 2.21. The van der Waals surface area contributed by atoms with E-state index in [0.29, 0.717) is 12.8 Å². The highest BCUT2D eigenvalue weighted by molar-refractivity contribution is 6.29. The molecule has 4 nitrogen and oxygen atoms in total. The van der Waals surface area contributed by atoms with Gasteiger partial charge in [0, 0.05) is 6.04 Å². The van der Waals surface area contributed by atoms with Crippen LogP contribution in [-0.4, -0.2) is 9.55 Å². The normalized spacial score (nSPS) is 11.0. The van der Waals surface area contributed by atoms with Crippen molar-refractivity contribution in [1.82, 2.24) is 9.55 Å². The molecule has 15 heavy (non-hydrogen) atoms. The van der Waals surface area contributed by atoms with E-state index in [0.717, 1.165) is 4.57 Å². The molecule has 0 aliphatic carbocycles. The zero-order chi connectivity index (χ0) is 11.6. The predicted molar refractivity (Wildman–Crippen MR) is 55.9 cm³/mol. The quantitative estimate of drug-likeness (QED) is 0.810. The molecular weight excluding hydrogens is 223 g/mol. The first-order valence-corrected chi connectivity index (χ1v) is 5.10. The first kappa shape index (κ1) is 12.0. The molecule has 1 N–H and O–H groups in total. The third-order valence-electron chi connectivity index (χ3n) is 2.34. The number of hydrogen-bond acceptors (Lipinski definition) is 2. The molecule has 1 heterocycles. The van der Waals surface area contributed by atoms with Crippen LogP contribution >= 0.6 is 11.6 Å². The monoisotopic (exact) mass is 234 g/mol. The molecule has 0 spiro atoms. The summed E-state index contributed by atoms with van der Waals surface area (Å²) in [6, 6.07) is -0.298. The van der Waals surface area contributed by atoms with E-state index in [1.165, 1.54) is 0 Å². The molecule has 0 bridgehead atoms. The van der Waals surface area contributed by atoms with E-state index in [2.05, 4.69) is 4.98 Å². The molecule has 6 heteroatoms. The molecule has 0 unspecified atom stereocenters. The summed E-state index contributed by atoms with van der Waals surface area (Å²) in [6.07, 6.45) is 1.17. The van der Waals surface area contributed by atoms with Gasteiger partial charge in [-0.05, 0) is 12.8 Å². The summed E-state index contributed by atoms with van der Waals surface area (Å²) < 4.78 is 14.0. The van der Waals surface area contributed by atoms with Crippen LogP contribution < -0.4 is 11.2 Å².